The van der Waals surface area contributed by atoms with Crippen LogP contribution in [0.3, 0.4) is 0 Å². The minimum absolute atomic E-state index is 0.0814. The van der Waals surface area contributed by atoms with Crippen molar-refractivity contribution in [1.29, 1.82) is 0 Å². The maximum absolute atomic E-state index is 10.3. The van der Waals surface area contributed by atoms with Crippen molar-refractivity contribution < 1.29 is 5.11 Å². The average Bonchev–Trinajstić information content (AvgIpc) is 2.00. The van der Waals surface area contributed by atoms with Gasteiger partial charge in [-0.3, -0.25) is 0 Å². The second-order valence-corrected chi connectivity index (χ2v) is 5.38. The summed E-state index contributed by atoms with van der Waals surface area (Å²) in [6, 6.07) is 0. The number of aliphatic hydroxyl groups is 1. The van der Waals surface area contributed by atoms with Crippen molar-refractivity contribution in [2.24, 2.45) is 17.1 Å². The van der Waals surface area contributed by atoms with Crippen LogP contribution in [0.15, 0.2) is 12.3 Å². The molecule has 0 saturated heterocycles. The third kappa shape index (κ3) is 4.40. The van der Waals surface area contributed by atoms with Gasteiger partial charge in [0.2, 0.25) is 0 Å². The maximum Gasteiger partial charge on any atom is 0.0704 e. The van der Waals surface area contributed by atoms with Crippen LogP contribution in [0.1, 0.15) is 40.5 Å². The standard InChI is InChI=1S/C13H23NO/c1-7-8-12(4,5)9-13(6,15)10(2)11(3)14/h1,10,15H,3,8-9,14H2,2,4-6H3. The number of hydrogen-bond acceptors (Lipinski definition) is 2. The molecule has 0 aliphatic carbocycles. The van der Waals surface area contributed by atoms with Gasteiger partial charge in [-0.15, -0.1) is 12.3 Å². The summed E-state index contributed by atoms with van der Waals surface area (Å²) in [7, 11) is 0. The summed E-state index contributed by atoms with van der Waals surface area (Å²) in [5.74, 6) is 2.50. The largest absolute Gasteiger partial charge is 0.402 e. The van der Waals surface area contributed by atoms with Gasteiger partial charge in [0.05, 0.1) is 5.60 Å². The Morgan fingerprint density at radius 1 is 1.53 bits per heavy atom. The van der Waals surface area contributed by atoms with Gasteiger partial charge in [-0.05, 0) is 18.8 Å². The van der Waals surface area contributed by atoms with Gasteiger partial charge in [-0.1, -0.05) is 27.4 Å². The van der Waals surface area contributed by atoms with E-state index in [1.54, 1.807) is 6.92 Å². The third-order valence-corrected chi connectivity index (χ3v) is 2.91. The van der Waals surface area contributed by atoms with E-state index in [9.17, 15) is 5.11 Å². The molecule has 0 aromatic heterocycles. The molecule has 0 saturated carbocycles. The zero-order valence-electron chi connectivity index (χ0n) is 10.3. The molecule has 0 amide bonds. The molecule has 86 valence electrons. The summed E-state index contributed by atoms with van der Waals surface area (Å²) in [5, 5.41) is 10.3. The first-order valence-corrected chi connectivity index (χ1v) is 5.22. The Kier molecular flexibility index (Phi) is 4.42. The van der Waals surface area contributed by atoms with Crippen LogP contribution < -0.4 is 5.73 Å². The van der Waals surface area contributed by atoms with Crippen molar-refractivity contribution in [3.63, 3.8) is 0 Å². The highest BCUT2D eigenvalue weighted by Crippen LogP contribution is 2.36. The summed E-state index contributed by atoms with van der Waals surface area (Å²) in [5.41, 5.74) is 5.19. The first kappa shape index (κ1) is 14.1. The smallest absolute Gasteiger partial charge is 0.0704 e. The highest BCUT2D eigenvalue weighted by Gasteiger charge is 2.35. The van der Waals surface area contributed by atoms with Crippen LogP contribution in [0, 0.1) is 23.7 Å². The molecule has 0 fully saturated rings. The first-order valence-electron chi connectivity index (χ1n) is 5.22. The Morgan fingerprint density at radius 3 is 2.33 bits per heavy atom. The molecule has 0 bridgehead atoms. The summed E-state index contributed by atoms with van der Waals surface area (Å²) in [6.45, 7) is 11.4. The van der Waals surface area contributed by atoms with Crippen molar-refractivity contribution in [3.8, 4) is 12.3 Å². The van der Waals surface area contributed by atoms with Crippen molar-refractivity contribution >= 4 is 0 Å². The van der Waals surface area contributed by atoms with Gasteiger partial charge in [0.15, 0.2) is 0 Å². The summed E-state index contributed by atoms with van der Waals surface area (Å²) >= 11 is 0. The number of rotatable bonds is 5. The fourth-order valence-corrected chi connectivity index (χ4v) is 1.86. The first-order chi connectivity index (χ1) is 6.62. The molecule has 0 aliphatic rings. The minimum atomic E-state index is -0.855. The molecule has 2 unspecified atom stereocenters. The van der Waals surface area contributed by atoms with E-state index in [1.807, 2.05) is 20.8 Å². The summed E-state index contributed by atoms with van der Waals surface area (Å²) < 4.78 is 0. The zero-order chi connectivity index (χ0) is 12.3. The molecule has 3 N–H and O–H groups in total. The second kappa shape index (κ2) is 4.72. The van der Waals surface area contributed by atoms with E-state index < -0.39 is 5.60 Å². The Bertz CT molecular complexity index is 271. The summed E-state index contributed by atoms with van der Waals surface area (Å²) in [4.78, 5) is 0. The van der Waals surface area contributed by atoms with E-state index in [4.69, 9.17) is 12.2 Å². The molecular formula is C13H23NO. The van der Waals surface area contributed by atoms with Crippen LogP contribution in [0.4, 0.5) is 0 Å². The molecule has 0 rings (SSSR count). The lowest BCUT2D eigenvalue weighted by molar-refractivity contribution is -0.0184. The molecule has 2 nitrogen and oxygen atoms in total. The topological polar surface area (TPSA) is 46.2 Å². The van der Waals surface area contributed by atoms with Gasteiger partial charge in [0, 0.05) is 18.0 Å². The predicted molar refractivity (Wildman–Crippen MR) is 65.0 cm³/mol. The van der Waals surface area contributed by atoms with Gasteiger partial charge in [0.1, 0.15) is 0 Å². The van der Waals surface area contributed by atoms with E-state index in [2.05, 4.69) is 12.5 Å². The molecule has 0 aromatic rings. The van der Waals surface area contributed by atoms with Crippen molar-refractivity contribution in [2.75, 3.05) is 0 Å². The molecule has 15 heavy (non-hydrogen) atoms. The van der Waals surface area contributed by atoms with Gasteiger partial charge in [-0.25, -0.2) is 0 Å². The Morgan fingerprint density at radius 2 is 2.00 bits per heavy atom. The van der Waals surface area contributed by atoms with Crippen molar-refractivity contribution in [3.05, 3.63) is 12.3 Å². The fraction of sp³-hybridized carbons (Fsp3) is 0.692. The van der Waals surface area contributed by atoms with Gasteiger partial charge in [0.25, 0.3) is 0 Å². The SMILES string of the molecule is C#CCC(C)(C)CC(C)(O)C(C)C(=C)N. The van der Waals surface area contributed by atoms with E-state index in [1.165, 1.54) is 0 Å². The molecule has 0 aromatic carbocycles. The quantitative estimate of drug-likeness (QED) is 0.682. The maximum atomic E-state index is 10.3. The van der Waals surface area contributed by atoms with Crippen LogP contribution in [0.2, 0.25) is 0 Å². The monoisotopic (exact) mass is 209 g/mol. The lowest BCUT2D eigenvalue weighted by atomic mass is 9.73. The van der Waals surface area contributed by atoms with Crippen molar-refractivity contribution in [1.82, 2.24) is 0 Å². The van der Waals surface area contributed by atoms with Crippen molar-refractivity contribution in [2.45, 2.75) is 46.1 Å². The fourth-order valence-electron chi connectivity index (χ4n) is 1.86. The molecule has 2 heteroatoms. The molecule has 0 spiro atoms. The molecular weight excluding hydrogens is 186 g/mol. The van der Waals surface area contributed by atoms with Crippen LogP contribution in [0.5, 0.6) is 0 Å². The third-order valence-electron chi connectivity index (χ3n) is 2.91. The van der Waals surface area contributed by atoms with Crippen LogP contribution in [-0.4, -0.2) is 10.7 Å². The Hall–Kier alpha value is -0.940. The van der Waals surface area contributed by atoms with Gasteiger partial charge >= 0.3 is 0 Å². The van der Waals surface area contributed by atoms with Crippen LogP contribution in [0.25, 0.3) is 0 Å². The summed E-state index contributed by atoms with van der Waals surface area (Å²) in [6.07, 6.45) is 6.55. The number of terminal acetylenes is 1. The Balaban J connectivity index is 4.64. The second-order valence-electron chi connectivity index (χ2n) is 5.38. The normalized spacial score (nSPS) is 17.6. The van der Waals surface area contributed by atoms with Crippen LogP contribution in [-0.2, 0) is 0 Å². The number of nitrogens with two attached hydrogens (primary N) is 1. The zero-order valence-corrected chi connectivity index (χ0v) is 10.3. The lowest BCUT2D eigenvalue weighted by Gasteiger charge is -2.37. The van der Waals surface area contributed by atoms with E-state index in [0.29, 0.717) is 18.5 Å². The lowest BCUT2D eigenvalue weighted by Crippen LogP contribution is -2.39. The number of hydrogen-bond donors (Lipinski definition) is 2. The average molecular weight is 209 g/mol. The minimum Gasteiger partial charge on any atom is -0.402 e. The predicted octanol–water partition coefficient (Wildman–Crippen LogP) is 2.29. The van der Waals surface area contributed by atoms with E-state index in [-0.39, 0.29) is 11.3 Å². The highest BCUT2D eigenvalue weighted by atomic mass is 16.3. The van der Waals surface area contributed by atoms with Crippen LogP contribution >= 0.6 is 0 Å². The van der Waals surface area contributed by atoms with Gasteiger partial charge < -0.3 is 10.8 Å². The molecule has 2 atom stereocenters. The van der Waals surface area contributed by atoms with E-state index >= 15 is 0 Å². The van der Waals surface area contributed by atoms with Gasteiger partial charge in [-0.2, -0.15) is 0 Å². The molecule has 0 radical (unpaired) electrons. The molecule has 0 aliphatic heterocycles. The molecule has 0 heterocycles. The highest BCUT2D eigenvalue weighted by molar-refractivity contribution is 5.03. The van der Waals surface area contributed by atoms with E-state index in [0.717, 1.165) is 0 Å². The Labute approximate surface area is 93.6 Å².